The van der Waals surface area contributed by atoms with Crippen molar-refractivity contribution in [1.29, 1.82) is 0 Å². The molecule has 1 unspecified atom stereocenters. The summed E-state index contributed by atoms with van der Waals surface area (Å²) in [6.45, 7) is 6.38. The van der Waals surface area contributed by atoms with Crippen LogP contribution in [0.1, 0.15) is 25.5 Å². The minimum Gasteiger partial charge on any atom is -0.504 e. The summed E-state index contributed by atoms with van der Waals surface area (Å²) in [5, 5.41) is 9.46. The summed E-state index contributed by atoms with van der Waals surface area (Å²) in [6, 6.07) is 3.25. The first-order chi connectivity index (χ1) is 9.10. The highest BCUT2D eigenvalue weighted by molar-refractivity contribution is 5.87. The normalized spacial score (nSPS) is 12.7. The molecule has 0 bridgehead atoms. The van der Waals surface area contributed by atoms with Crippen molar-refractivity contribution in [3.8, 4) is 11.5 Å². The molecule has 0 aromatic heterocycles. The minimum absolute atomic E-state index is 0.193. The Morgan fingerprint density at radius 2 is 2.00 bits per heavy atom. The third-order valence-corrected chi connectivity index (χ3v) is 2.31. The first-order valence-corrected chi connectivity index (χ1v) is 5.55. The maximum atomic E-state index is 12.0. The molecule has 0 saturated heterocycles. The van der Waals surface area contributed by atoms with E-state index in [1.165, 1.54) is 19.9 Å². The fourth-order valence-corrected chi connectivity index (χ4v) is 1.33. The average molecular weight is 290 g/mol. The predicted molar refractivity (Wildman–Crippen MR) is 64.1 cm³/mol. The zero-order chi connectivity index (χ0) is 15.5. The molecule has 1 aromatic carbocycles. The third-order valence-electron chi connectivity index (χ3n) is 2.31. The van der Waals surface area contributed by atoms with Crippen molar-refractivity contribution < 1.29 is 32.5 Å². The zero-order valence-electron chi connectivity index (χ0n) is 10.8. The van der Waals surface area contributed by atoms with Gasteiger partial charge in [0.1, 0.15) is 6.10 Å². The molecular weight excluding hydrogens is 277 g/mol. The summed E-state index contributed by atoms with van der Waals surface area (Å²) in [4.78, 5) is 11.3. The summed E-state index contributed by atoms with van der Waals surface area (Å²) in [7, 11) is 0. The number of carbonyl (C=O) groups is 1. The van der Waals surface area contributed by atoms with Crippen molar-refractivity contribution in [3.05, 3.63) is 35.9 Å². The summed E-state index contributed by atoms with van der Waals surface area (Å²) in [5.74, 6) is -2.05. The summed E-state index contributed by atoms with van der Waals surface area (Å²) in [5.41, 5.74) is 0.518. The molecule has 7 heteroatoms. The van der Waals surface area contributed by atoms with E-state index >= 15 is 0 Å². The lowest BCUT2D eigenvalue weighted by Gasteiger charge is -2.15. The lowest BCUT2D eigenvalue weighted by molar-refractivity contribution is -0.275. The molecule has 0 spiro atoms. The molecule has 1 N–H and O–H groups in total. The van der Waals surface area contributed by atoms with Gasteiger partial charge < -0.3 is 14.6 Å². The molecule has 0 radical (unpaired) electrons. The molecule has 1 atom stereocenters. The number of aromatic hydroxyl groups is 1. The van der Waals surface area contributed by atoms with Gasteiger partial charge in [-0.15, -0.1) is 13.2 Å². The Morgan fingerprint density at radius 3 is 2.45 bits per heavy atom. The van der Waals surface area contributed by atoms with Gasteiger partial charge in [0.25, 0.3) is 0 Å². The molecule has 1 aromatic rings. The van der Waals surface area contributed by atoms with Gasteiger partial charge in [0, 0.05) is 5.57 Å². The van der Waals surface area contributed by atoms with E-state index in [2.05, 4.69) is 11.3 Å². The molecule has 0 aliphatic heterocycles. The highest BCUT2D eigenvalue weighted by atomic mass is 19.4. The van der Waals surface area contributed by atoms with Gasteiger partial charge in [-0.05, 0) is 31.5 Å². The summed E-state index contributed by atoms with van der Waals surface area (Å²) < 4.78 is 44.7. The van der Waals surface area contributed by atoms with Crippen molar-refractivity contribution in [2.24, 2.45) is 0 Å². The number of phenols is 1. The van der Waals surface area contributed by atoms with Crippen LogP contribution in [0.3, 0.4) is 0 Å². The van der Waals surface area contributed by atoms with Crippen LogP contribution >= 0.6 is 0 Å². The molecule has 4 nitrogen and oxygen atoms in total. The van der Waals surface area contributed by atoms with Gasteiger partial charge in [-0.3, -0.25) is 0 Å². The van der Waals surface area contributed by atoms with Gasteiger partial charge in [0.05, 0.1) is 0 Å². The Hall–Kier alpha value is -2.18. The molecule has 0 amide bonds. The van der Waals surface area contributed by atoms with Gasteiger partial charge in [0.2, 0.25) is 0 Å². The fourth-order valence-electron chi connectivity index (χ4n) is 1.33. The molecular formula is C13H13F3O4. The van der Waals surface area contributed by atoms with Crippen LogP contribution in [0, 0.1) is 0 Å². The monoisotopic (exact) mass is 290 g/mol. The maximum Gasteiger partial charge on any atom is 0.573 e. The van der Waals surface area contributed by atoms with E-state index in [1.54, 1.807) is 0 Å². The highest BCUT2D eigenvalue weighted by Gasteiger charge is 2.32. The number of ether oxygens (including phenoxy) is 2. The number of esters is 1. The van der Waals surface area contributed by atoms with E-state index in [0.29, 0.717) is 5.56 Å². The van der Waals surface area contributed by atoms with Crippen LogP contribution in [0.5, 0.6) is 11.5 Å². The number of hydrogen-bond acceptors (Lipinski definition) is 4. The maximum absolute atomic E-state index is 12.0. The van der Waals surface area contributed by atoms with Gasteiger partial charge in [0.15, 0.2) is 11.5 Å². The van der Waals surface area contributed by atoms with Crippen molar-refractivity contribution in [3.63, 3.8) is 0 Å². The second-order valence-corrected chi connectivity index (χ2v) is 4.10. The molecule has 0 heterocycles. The van der Waals surface area contributed by atoms with Crippen molar-refractivity contribution in [2.45, 2.75) is 26.3 Å². The Kier molecular flexibility index (Phi) is 4.65. The van der Waals surface area contributed by atoms with Gasteiger partial charge in [-0.2, -0.15) is 0 Å². The zero-order valence-corrected chi connectivity index (χ0v) is 10.8. The second kappa shape index (κ2) is 5.85. The van der Waals surface area contributed by atoms with Crippen molar-refractivity contribution in [2.75, 3.05) is 0 Å². The third kappa shape index (κ3) is 4.49. The number of alkyl halides is 3. The molecule has 1 rings (SSSR count). The van der Waals surface area contributed by atoms with E-state index in [-0.39, 0.29) is 5.57 Å². The molecule has 110 valence electrons. The molecule has 0 aliphatic carbocycles. The quantitative estimate of drug-likeness (QED) is 0.681. The summed E-state index contributed by atoms with van der Waals surface area (Å²) in [6.07, 6.45) is -5.64. The first kappa shape index (κ1) is 15.9. The number of hydrogen-bond donors (Lipinski definition) is 1. The van der Waals surface area contributed by atoms with Crippen LogP contribution < -0.4 is 4.74 Å². The second-order valence-electron chi connectivity index (χ2n) is 4.10. The first-order valence-electron chi connectivity index (χ1n) is 5.55. The van der Waals surface area contributed by atoms with Crippen LogP contribution in [-0.2, 0) is 9.53 Å². The largest absolute Gasteiger partial charge is 0.573 e. The van der Waals surface area contributed by atoms with Gasteiger partial charge >= 0.3 is 12.3 Å². The predicted octanol–water partition coefficient (Wildman–Crippen LogP) is 3.47. The number of carbonyl (C=O) groups excluding carboxylic acids is 1. The lowest BCUT2D eigenvalue weighted by atomic mass is 10.1. The molecule has 20 heavy (non-hydrogen) atoms. The van der Waals surface area contributed by atoms with Crippen LogP contribution in [0.15, 0.2) is 30.4 Å². The molecule has 0 saturated carbocycles. The average Bonchev–Trinajstić information content (AvgIpc) is 2.29. The van der Waals surface area contributed by atoms with Crippen LogP contribution in [0.4, 0.5) is 13.2 Å². The van der Waals surface area contributed by atoms with Gasteiger partial charge in [-0.1, -0.05) is 12.6 Å². The van der Waals surface area contributed by atoms with E-state index < -0.39 is 29.9 Å². The van der Waals surface area contributed by atoms with E-state index in [9.17, 15) is 23.1 Å². The Balaban J connectivity index is 2.86. The number of benzene rings is 1. The van der Waals surface area contributed by atoms with Gasteiger partial charge in [-0.25, -0.2) is 4.79 Å². The highest BCUT2D eigenvalue weighted by Crippen LogP contribution is 2.34. The van der Waals surface area contributed by atoms with Crippen LogP contribution in [0.25, 0.3) is 0 Å². The minimum atomic E-state index is -4.89. The van der Waals surface area contributed by atoms with Crippen LogP contribution in [-0.4, -0.2) is 17.4 Å². The Morgan fingerprint density at radius 1 is 1.40 bits per heavy atom. The number of rotatable bonds is 4. The van der Waals surface area contributed by atoms with Crippen molar-refractivity contribution >= 4 is 5.97 Å². The number of halogens is 3. The molecule has 0 fully saturated rings. The fraction of sp³-hybridized carbons (Fsp3) is 0.308. The standard InChI is InChI=1S/C13H13F3O4/c1-7(2)12(18)19-8(3)9-4-5-11(10(17)6-9)20-13(14,15)16/h4-6,8,17H,1H2,2-3H3. The van der Waals surface area contributed by atoms with Crippen LogP contribution in [0.2, 0.25) is 0 Å². The van der Waals surface area contributed by atoms with E-state index in [1.807, 2.05) is 0 Å². The Bertz CT molecular complexity index is 523. The SMILES string of the molecule is C=C(C)C(=O)OC(C)c1ccc(OC(F)(F)F)c(O)c1. The summed E-state index contributed by atoms with van der Waals surface area (Å²) >= 11 is 0. The van der Waals surface area contributed by atoms with Crippen molar-refractivity contribution in [1.82, 2.24) is 0 Å². The molecule has 0 aliphatic rings. The van der Waals surface area contributed by atoms with E-state index in [0.717, 1.165) is 12.1 Å². The number of phenolic OH excluding ortho intramolecular Hbond substituents is 1. The lowest BCUT2D eigenvalue weighted by Crippen LogP contribution is -2.17. The smallest absolute Gasteiger partial charge is 0.504 e. The topological polar surface area (TPSA) is 55.8 Å². The van der Waals surface area contributed by atoms with E-state index in [4.69, 9.17) is 4.74 Å². The Labute approximate surface area is 113 Å².